The van der Waals surface area contributed by atoms with Crippen LogP contribution in [0.4, 0.5) is 0 Å². The highest BCUT2D eigenvalue weighted by atomic mass is 32.2. The molecule has 6 nitrogen and oxygen atoms in total. The summed E-state index contributed by atoms with van der Waals surface area (Å²) in [6.45, 7) is 3.48. The lowest BCUT2D eigenvalue weighted by Crippen LogP contribution is -2.34. The van der Waals surface area contributed by atoms with E-state index in [-0.39, 0.29) is 10.5 Å². The summed E-state index contributed by atoms with van der Waals surface area (Å²) in [4.78, 5) is 11.5. The van der Waals surface area contributed by atoms with Gasteiger partial charge in [-0.05, 0) is 31.0 Å². The zero-order valence-electron chi connectivity index (χ0n) is 12.2. The number of carbonyl (C=O) groups excluding carboxylic acids is 1. The number of benzene rings is 1. The van der Waals surface area contributed by atoms with Crippen LogP contribution in [0.2, 0.25) is 0 Å². The zero-order valence-corrected chi connectivity index (χ0v) is 13.0. The van der Waals surface area contributed by atoms with Crippen LogP contribution in [-0.4, -0.2) is 27.5 Å². The first kappa shape index (κ1) is 17.1. The lowest BCUT2D eigenvalue weighted by Gasteiger charge is -2.13. The highest BCUT2D eigenvalue weighted by Crippen LogP contribution is 2.18. The molecule has 1 N–H and O–H groups in total. The molecular weight excluding hydrogens is 292 g/mol. The molecule has 0 bridgehead atoms. The Morgan fingerprint density at radius 2 is 2.14 bits per heavy atom. The number of carbonyl (C=O) groups is 1. The van der Waals surface area contributed by atoms with E-state index in [1.165, 1.54) is 25.3 Å². The van der Waals surface area contributed by atoms with E-state index >= 15 is 0 Å². The molecule has 0 aliphatic carbocycles. The third-order valence-corrected chi connectivity index (χ3v) is 4.54. The maximum atomic E-state index is 12.3. The molecule has 7 heteroatoms. The first-order chi connectivity index (χ1) is 9.85. The fraction of sp³-hybridized carbons (Fsp3) is 0.429. The van der Waals surface area contributed by atoms with E-state index in [0.29, 0.717) is 18.4 Å². The van der Waals surface area contributed by atoms with Gasteiger partial charge in [-0.3, -0.25) is 0 Å². The number of ether oxygens (including phenoxy) is 1. The predicted octanol–water partition coefficient (Wildman–Crippen LogP) is 1.75. The Morgan fingerprint density at radius 1 is 1.48 bits per heavy atom. The minimum atomic E-state index is -3.87. The quantitative estimate of drug-likeness (QED) is 0.807. The summed E-state index contributed by atoms with van der Waals surface area (Å²) in [7, 11) is -2.65. The monoisotopic (exact) mass is 310 g/mol. The first-order valence-electron chi connectivity index (χ1n) is 6.46. The van der Waals surface area contributed by atoms with Gasteiger partial charge in [-0.15, -0.1) is 0 Å². The molecule has 1 aromatic carbocycles. The number of sulfonamides is 1. The summed E-state index contributed by atoms with van der Waals surface area (Å²) in [5.41, 5.74) is 0.635. The smallest absolute Gasteiger partial charge is 0.337 e. The van der Waals surface area contributed by atoms with Gasteiger partial charge in [-0.25, -0.2) is 13.2 Å². The first-order valence-corrected chi connectivity index (χ1v) is 7.95. The normalized spacial score (nSPS) is 12.5. The summed E-state index contributed by atoms with van der Waals surface area (Å²) < 4.78 is 31.6. The summed E-state index contributed by atoms with van der Waals surface area (Å²) in [6, 6.07) is 5.40. The van der Waals surface area contributed by atoms with Crippen molar-refractivity contribution in [2.24, 2.45) is 0 Å². The Balaban J connectivity index is 3.19. The second-order valence-electron chi connectivity index (χ2n) is 4.56. The van der Waals surface area contributed by atoms with Crippen LogP contribution < -0.4 is 4.72 Å². The highest BCUT2D eigenvalue weighted by molar-refractivity contribution is 7.89. The molecule has 1 atom stereocenters. The van der Waals surface area contributed by atoms with Crippen LogP contribution in [0.1, 0.15) is 35.7 Å². The minimum Gasteiger partial charge on any atom is -0.465 e. The molecule has 1 aromatic rings. The summed E-state index contributed by atoms with van der Waals surface area (Å²) in [6.07, 6.45) is 1.10. The van der Waals surface area contributed by atoms with Gasteiger partial charge < -0.3 is 4.74 Å². The zero-order chi connectivity index (χ0) is 16.0. The van der Waals surface area contributed by atoms with Crippen LogP contribution in [0.25, 0.3) is 0 Å². The van der Waals surface area contributed by atoms with E-state index < -0.39 is 22.0 Å². The molecule has 0 aliphatic rings. The second-order valence-corrected chi connectivity index (χ2v) is 6.25. The standard InChI is InChI=1S/C14H18N2O4S/c1-4-5-12(9-15)16-21(18,19)13-8-11(14(17)20-3)7-6-10(13)2/h6-8,12,16H,4-5H2,1-3H3/t12-/m0/s1. The molecule has 0 amide bonds. The number of hydrogen-bond donors (Lipinski definition) is 1. The van der Waals surface area contributed by atoms with Gasteiger partial charge in [0.15, 0.2) is 0 Å². The molecule has 0 radical (unpaired) electrons. The van der Waals surface area contributed by atoms with Crippen LogP contribution in [0, 0.1) is 18.3 Å². The van der Waals surface area contributed by atoms with Gasteiger partial charge in [0.05, 0.1) is 23.6 Å². The Bertz CT molecular complexity index is 662. The minimum absolute atomic E-state index is 0.0262. The van der Waals surface area contributed by atoms with Crippen LogP contribution >= 0.6 is 0 Å². The number of esters is 1. The maximum Gasteiger partial charge on any atom is 0.337 e. The molecule has 0 aliphatic heterocycles. The van der Waals surface area contributed by atoms with Gasteiger partial charge >= 0.3 is 5.97 Å². The van der Waals surface area contributed by atoms with Gasteiger partial charge in [0, 0.05) is 0 Å². The SMILES string of the molecule is CCC[C@@H](C#N)NS(=O)(=O)c1cc(C(=O)OC)ccc1C. The van der Waals surface area contributed by atoms with E-state index in [1.807, 2.05) is 13.0 Å². The van der Waals surface area contributed by atoms with E-state index in [2.05, 4.69) is 9.46 Å². The fourth-order valence-corrected chi connectivity index (χ4v) is 3.27. The van der Waals surface area contributed by atoms with Crippen LogP contribution in [0.15, 0.2) is 23.1 Å². The van der Waals surface area contributed by atoms with Gasteiger partial charge in [0.2, 0.25) is 10.0 Å². The molecule has 0 saturated heterocycles. The van der Waals surface area contributed by atoms with E-state index in [9.17, 15) is 13.2 Å². The van der Waals surface area contributed by atoms with Gasteiger partial charge in [-0.1, -0.05) is 19.4 Å². The predicted molar refractivity (Wildman–Crippen MR) is 77.1 cm³/mol. The van der Waals surface area contributed by atoms with Crippen LogP contribution in [0.5, 0.6) is 0 Å². The number of hydrogen-bond acceptors (Lipinski definition) is 5. The maximum absolute atomic E-state index is 12.3. The van der Waals surface area contributed by atoms with Crippen molar-refractivity contribution in [1.82, 2.24) is 4.72 Å². The Hall–Kier alpha value is -1.91. The molecule has 0 unspecified atom stereocenters. The fourth-order valence-electron chi connectivity index (χ4n) is 1.82. The van der Waals surface area contributed by atoms with Crippen molar-refractivity contribution in [1.29, 1.82) is 5.26 Å². The topological polar surface area (TPSA) is 96.3 Å². The molecule has 0 aromatic heterocycles. The number of methoxy groups -OCH3 is 1. The largest absolute Gasteiger partial charge is 0.465 e. The van der Waals surface area contributed by atoms with Gasteiger partial charge in [-0.2, -0.15) is 9.98 Å². The number of nitrogens with one attached hydrogen (secondary N) is 1. The molecule has 0 heterocycles. The number of rotatable bonds is 6. The summed E-state index contributed by atoms with van der Waals surface area (Å²) in [5.74, 6) is -0.614. The molecule has 0 saturated carbocycles. The van der Waals surface area contributed by atoms with Crippen molar-refractivity contribution in [3.05, 3.63) is 29.3 Å². The van der Waals surface area contributed by atoms with Crippen molar-refractivity contribution >= 4 is 16.0 Å². The van der Waals surface area contributed by atoms with Crippen molar-refractivity contribution in [3.8, 4) is 6.07 Å². The van der Waals surface area contributed by atoms with E-state index in [4.69, 9.17) is 5.26 Å². The summed E-state index contributed by atoms with van der Waals surface area (Å²) >= 11 is 0. The number of aryl methyl sites for hydroxylation is 1. The number of nitriles is 1. The third-order valence-electron chi connectivity index (χ3n) is 2.93. The molecule has 21 heavy (non-hydrogen) atoms. The molecule has 1 rings (SSSR count). The highest BCUT2D eigenvalue weighted by Gasteiger charge is 2.22. The van der Waals surface area contributed by atoms with E-state index in [0.717, 1.165) is 0 Å². The Labute approximate surface area is 124 Å². The lowest BCUT2D eigenvalue weighted by molar-refractivity contribution is 0.0600. The van der Waals surface area contributed by atoms with Gasteiger partial charge in [0.25, 0.3) is 0 Å². The molecular formula is C14H18N2O4S. The van der Waals surface area contributed by atoms with Crippen LogP contribution in [0.3, 0.4) is 0 Å². The molecule has 0 fully saturated rings. The third kappa shape index (κ3) is 4.28. The van der Waals surface area contributed by atoms with Crippen molar-refractivity contribution < 1.29 is 17.9 Å². The van der Waals surface area contributed by atoms with Crippen LogP contribution in [-0.2, 0) is 14.8 Å². The Morgan fingerprint density at radius 3 is 2.67 bits per heavy atom. The molecule has 114 valence electrons. The average Bonchev–Trinajstić information content (AvgIpc) is 2.46. The average molecular weight is 310 g/mol. The lowest BCUT2D eigenvalue weighted by atomic mass is 10.1. The van der Waals surface area contributed by atoms with Crippen molar-refractivity contribution in [2.75, 3.05) is 7.11 Å². The van der Waals surface area contributed by atoms with Crippen molar-refractivity contribution in [2.45, 2.75) is 37.6 Å². The van der Waals surface area contributed by atoms with Crippen molar-refractivity contribution in [3.63, 3.8) is 0 Å². The Kier molecular flexibility index (Phi) is 5.88. The summed E-state index contributed by atoms with van der Waals surface area (Å²) in [5, 5.41) is 8.97. The molecule has 0 spiro atoms. The number of nitrogens with zero attached hydrogens (tertiary/aromatic N) is 1. The van der Waals surface area contributed by atoms with Gasteiger partial charge in [0.1, 0.15) is 6.04 Å². The van der Waals surface area contributed by atoms with E-state index in [1.54, 1.807) is 6.92 Å². The second kappa shape index (κ2) is 7.20.